The molecule has 0 spiro atoms. The summed E-state index contributed by atoms with van der Waals surface area (Å²) < 4.78 is 5.03. The van der Waals surface area contributed by atoms with Crippen molar-refractivity contribution in [1.82, 2.24) is 20.3 Å². The molecule has 3 N–H and O–H groups in total. The van der Waals surface area contributed by atoms with Crippen molar-refractivity contribution < 1.29 is 9.53 Å². The summed E-state index contributed by atoms with van der Waals surface area (Å²) in [6.45, 7) is 3.13. The first-order chi connectivity index (χ1) is 12.1. The van der Waals surface area contributed by atoms with Gasteiger partial charge in [0.1, 0.15) is 17.7 Å². The number of aromatic nitrogens is 3. The molecule has 3 rings (SSSR count). The van der Waals surface area contributed by atoms with E-state index in [1.807, 2.05) is 6.92 Å². The maximum absolute atomic E-state index is 12.8. The molecule has 1 aromatic heterocycles. The van der Waals surface area contributed by atoms with Gasteiger partial charge in [-0.25, -0.2) is 4.98 Å². The van der Waals surface area contributed by atoms with Crippen LogP contribution in [0.1, 0.15) is 43.8 Å². The number of carbonyl (C=O) groups is 1. The lowest BCUT2D eigenvalue weighted by Crippen LogP contribution is -2.48. The van der Waals surface area contributed by atoms with Gasteiger partial charge in [-0.05, 0) is 32.1 Å². The summed E-state index contributed by atoms with van der Waals surface area (Å²) in [7, 11) is 1.63. The first-order valence-electron chi connectivity index (χ1n) is 9.10. The zero-order valence-corrected chi connectivity index (χ0v) is 15.1. The number of aryl methyl sites for hydroxylation is 1. The van der Waals surface area contributed by atoms with Crippen LogP contribution in [0.2, 0.25) is 0 Å². The van der Waals surface area contributed by atoms with E-state index >= 15 is 0 Å². The van der Waals surface area contributed by atoms with E-state index in [1.165, 1.54) is 12.8 Å². The molecule has 25 heavy (non-hydrogen) atoms. The molecule has 1 amide bonds. The number of anilines is 1. The summed E-state index contributed by atoms with van der Waals surface area (Å²) in [5.74, 6) is 2.35. The normalized spacial score (nSPS) is 25.7. The molecule has 1 aliphatic heterocycles. The minimum absolute atomic E-state index is 0.0267. The Hall–Kier alpha value is -1.80. The van der Waals surface area contributed by atoms with Crippen molar-refractivity contribution in [2.45, 2.75) is 57.7 Å². The highest BCUT2D eigenvalue weighted by atomic mass is 16.5. The summed E-state index contributed by atoms with van der Waals surface area (Å²) in [5.41, 5.74) is 5.73. The summed E-state index contributed by atoms with van der Waals surface area (Å²) in [5, 5.41) is 2.98. The fourth-order valence-corrected chi connectivity index (χ4v) is 4.10. The largest absolute Gasteiger partial charge is 0.383 e. The molecule has 0 radical (unpaired) electrons. The van der Waals surface area contributed by atoms with Crippen molar-refractivity contribution in [2.24, 2.45) is 11.7 Å². The Morgan fingerprint density at radius 3 is 2.88 bits per heavy atom. The number of carbonyl (C=O) groups excluding carboxylic acids is 1. The molecule has 0 aromatic carbocycles. The third kappa shape index (κ3) is 3.90. The molecule has 1 saturated carbocycles. The molecule has 2 heterocycles. The Morgan fingerprint density at radius 1 is 1.32 bits per heavy atom. The van der Waals surface area contributed by atoms with Crippen LogP contribution in [0.25, 0.3) is 0 Å². The van der Waals surface area contributed by atoms with Crippen molar-refractivity contribution >= 4 is 11.9 Å². The maximum atomic E-state index is 12.8. The molecule has 2 fully saturated rings. The lowest BCUT2D eigenvalue weighted by Gasteiger charge is -2.33. The van der Waals surface area contributed by atoms with Crippen molar-refractivity contribution in [3.63, 3.8) is 0 Å². The van der Waals surface area contributed by atoms with Gasteiger partial charge in [0.25, 0.3) is 0 Å². The lowest BCUT2D eigenvalue weighted by molar-refractivity contribution is -0.122. The first-order valence-corrected chi connectivity index (χ1v) is 9.10. The predicted molar refractivity (Wildman–Crippen MR) is 94.0 cm³/mol. The Kier molecular flexibility index (Phi) is 5.80. The molecule has 138 valence electrons. The number of fused-ring (bicyclic) bond motifs is 1. The number of ether oxygens (including phenoxy) is 1. The van der Waals surface area contributed by atoms with E-state index in [1.54, 1.807) is 7.11 Å². The van der Waals surface area contributed by atoms with E-state index in [2.05, 4.69) is 25.2 Å². The van der Waals surface area contributed by atoms with Gasteiger partial charge in [-0.1, -0.05) is 12.8 Å². The fourth-order valence-electron chi connectivity index (χ4n) is 4.10. The standard InChI is InChI=1S/C17H28N6O2/c1-11-20-15(10-18)22-17(21-11)23-13-6-4-3-5-12(13)9-14(23)16(24)19-7-8-25-2/h12-14H,3-10,18H2,1-2H3,(H,19,24)/t12-,13-,14-/m0/s1. The van der Waals surface area contributed by atoms with Crippen LogP contribution >= 0.6 is 0 Å². The third-order valence-corrected chi connectivity index (χ3v) is 5.19. The number of amides is 1. The minimum atomic E-state index is -0.239. The number of rotatable bonds is 6. The Labute approximate surface area is 148 Å². The molecule has 1 aromatic rings. The van der Waals surface area contributed by atoms with Crippen molar-refractivity contribution in [2.75, 3.05) is 25.2 Å². The Balaban J connectivity index is 1.87. The molecule has 8 nitrogen and oxygen atoms in total. The van der Waals surface area contributed by atoms with E-state index < -0.39 is 0 Å². The van der Waals surface area contributed by atoms with E-state index in [9.17, 15) is 4.79 Å². The summed E-state index contributed by atoms with van der Waals surface area (Å²) in [6, 6.07) is 0.0803. The van der Waals surface area contributed by atoms with Crippen LogP contribution < -0.4 is 16.0 Å². The third-order valence-electron chi connectivity index (χ3n) is 5.19. The molecule has 0 bridgehead atoms. The molecular formula is C17H28N6O2. The first kappa shape index (κ1) is 18.0. The van der Waals surface area contributed by atoms with Gasteiger partial charge in [0, 0.05) is 19.7 Å². The number of nitrogens with two attached hydrogens (primary N) is 1. The predicted octanol–water partition coefficient (Wildman–Crippen LogP) is 0.539. The SMILES string of the molecule is COCCNC(=O)[C@@H]1C[C@@H]2CCCC[C@@H]2N1c1nc(C)nc(CN)n1. The zero-order valence-electron chi connectivity index (χ0n) is 15.1. The van der Waals surface area contributed by atoms with Crippen LogP contribution in [0.5, 0.6) is 0 Å². The average Bonchev–Trinajstić information content (AvgIpc) is 3.01. The van der Waals surface area contributed by atoms with Gasteiger partial charge >= 0.3 is 0 Å². The monoisotopic (exact) mass is 348 g/mol. The van der Waals surface area contributed by atoms with Gasteiger partial charge in [0.15, 0.2) is 0 Å². The highest BCUT2D eigenvalue weighted by molar-refractivity contribution is 5.85. The van der Waals surface area contributed by atoms with E-state index in [4.69, 9.17) is 10.5 Å². The van der Waals surface area contributed by atoms with Gasteiger partial charge in [-0.2, -0.15) is 9.97 Å². The summed E-state index contributed by atoms with van der Waals surface area (Å²) in [6.07, 6.45) is 5.51. The van der Waals surface area contributed by atoms with E-state index in [-0.39, 0.29) is 18.5 Å². The van der Waals surface area contributed by atoms with Crippen LogP contribution in [-0.4, -0.2) is 53.2 Å². The fraction of sp³-hybridized carbons (Fsp3) is 0.765. The lowest BCUT2D eigenvalue weighted by atomic mass is 9.85. The second-order valence-corrected chi connectivity index (χ2v) is 6.86. The number of methoxy groups -OCH3 is 1. The van der Waals surface area contributed by atoms with Gasteiger partial charge in [0.05, 0.1) is 13.2 Å². The molecule has 8 heteroatoms. The van der Waals surface area contributed by atoms with Crippen molar-refractivity contribution in [3.05, 3.63) is 11.6 Å². The molecule has 1 aliphatic carbocycles. The number of nitrogens with zero attached hydrogens (tertiary/aromatic N) is 4. The molecule has 1 saturated heterocycles. The van der Waals surface area contributed by atoms with Crippen LogP contribution in [-0.2, 0) is 16.1 Å². The molecule has 2 aliphatic rings. The van der Waals surface area contributed by atoms with Gasteiger partial charge in [-0.3, -0.25) is 4.79 Å². The van der Waals surface area contributed by atoms with Crippen LogP contribution in [0.3, 0.4) is 0 Å². The molecular weight excluding hydrogens is 320 g/mol. The Morgan fingerprint density at radius 2 is 2.12 bits per heavy atom. The van der Waals surface area contributed by atoms with Gasteiger partial charge in [0.2, 0.25) is 11.9 Å². The second kappa shape index (κ2) is 8.05. The topological polar surface area (TPSA) is 106 Å². The van der Waals surface area contributed by atoms with Crippen molar-refractivity contribution in [3.8, 4) is 0 Å². The van der Waals surface area contributed by atoms with Gasteiger partial charge in [-0.15, -0.1) is 0 Å². The molecule has 0 unspecified atom stereocenters. The minimum Gasteiger partial charge on any atom is -0.383 e. The Bertz CT molecular complexity index is 611. The maximum Gasteiger partial charge on any atom is 0.242 e. The highest BCUT2D eigenvalue weighted by Crippen LogP contribution is 2.41. The van der Waals surface area contributed by atoms with Crippen LogP contribution in [0, 0.1) is 12.8 Å². The van der Waals surface area contributed by atoms with Crippen LogP contribution in [0.15, 0.2) is 0 Å². The van der Waals surface area contributed by atoms with Gasteiger partial charge < -0.3 is 20.7 Å². The molecule has 3 atom stereocenters. The van der Waals surface area contributed by atoms with Crippen LogP contribution in [0.4, 0.5) is 5.95 Å². The number of hydrogen-bond acceptors (Lipinski definition) is 7. The summed E-state index contributed by atoms with van der Waals surface area (Å²) in [4.78, 5) is 28.2. The summed E-state index contributed by atoms with van der Waals surface area (Å²) >= 11 is 0. The zero-order chi connectivity index (χ0) is 17.8. The highest BCUT2D eigenvalue weighted by Gasteiger charge is 2.46. The second-order valence-electron chi connectivity index (χ2n) is 6.86. The number of hydrogen-bond donors (Lipinski definition) is 2. The van der Waals surface area contributed by atoms with E-state index in [0.29, 0.717) is 42.7 Å². The quantitative estimate of drug-likeness (QED) is 0.723. The van der Waals surface area contributed by atoms with E-state index in [0.717, 1.165) is 19.3 Å². The average molecular weight is 348 g/mol. The smallest absolute Gasteiger partial charge is 0.242 e. The van der Waals surface area contributed by atoms with Crippen molar-refractivity contribution in [1.29, 1.82) is 0 Å². The number of nitrogens with one attached hydrogen (secondary N) is 1.